The number of hydrogen-bond acceptors (Lipinski definition) is 6. The topological polar surface area (TPSA) is 90.9 Å². The van der Waals surface area contributed by atoms with Gasteiger partial charge in [-0.25, -0.2) is 15.8 Å². The zero-order chi connectivity index (χ0) is 15.3. The maximum Gasteiger partial charge on any atom is 0.145 e. The van der Waals surface area contributed by atoms with Gasteiger partial charge in [0.05, 0.1) is 12.0 Å². The Kier molecular flexibility index (Phi) is 5.28. The van der Waals surface area contributed by atoms with Crippen LogP contribution >= 0.6 is 0 Å². The average Bonchev–Trinajstić information content (AvgIpc) is 2.42. The molecule has 0 radical (unpaired) electrons. The summed E-state index contributed by atoms with van der Waals surface area (Å²) in [4.78, 5) is 11.1. The van der Waals surface area contributed by atoms with Gasteiger partial charge in [0.15, 0.2) is 0 Å². The molecule has 6 heteroatoms. The van der Waals surface area contributed by atoms with E-state index >= 15 is 0 Å². The van der Waals surface area contributed by atoms with Crippen LogP contribution < -0.4 is 16.2 Å². The van der Waals surface area contributed by atoms with Crippen LogP contribution in [-0.4, -0.2) is 23.1 Å². The maximum atomic E-state index is 8.97. The van der Waals surface area contributed by atoms with Crippen molar-refractivity contribution in [1.82, 2.24) is 9.97 Å². The molecule has 1 aromatic rings. The molecule has 0 aliphatic heterocycles. The van der Waals surface area contributed by atoms with E-state index < -0.39 is 0 Å². The lowest BCUT2D eigenvalue weighted by molar-refractivity contribution is 0.543. The standard InChI is InChI=1S/C14H24N6/c1-6-20(9-10(2)8-15)12-7-11(19-16)17-13(18-12)14(3,4)5/h7,10H,6,9,16H2,1-5H3,(H,17,18,19). The average molecular weight is 276 g/mol. The zero-order valence-electron chi connectivity index (χ0n) is 12.9. The minimum absolute atomic E-state index is 0.0581. The van der Waals surface area contributed by atoms with Gasteiger partial charge in [-0.05, 0) is 13.8 Å². The Morgan fingerprint density at radius 3 is 2.55 bits per heavy atom. The van der Waals surface area contributed by atoms with Gasteiger partial charge < -0.3 is 10.3 Å². The van der Waals surface area contributed by atoms with Gasteiger partial charge in [0.1, 0.15) is 17.5 Å². The molecule has 1 heterocycles. The van der Waals surface area contributed by atoms with Crippen molar-refractivity contribution >= 4 is 11.6 Å². The number of aromatic nitrogens is 2. The minimum atomic E-state index is -0.165. The second kappa shape index (κ2) is 6.53. The fraction of sp³-hybridized carbons (Fsp3) is 0.643. The third-order valence-electron chi connectivity index (χ3n) is 2.95. The van der Waals surface area contributed by atoms with Gasteiger partial charge in [0.25, 0.3) is 0 Å². The molecule has 0 bridgehead atoms. The second-order valence-corrected chi connectivity index (χ2v) is 5.90. The summed E-state index contributed by atoms with van der Waals surface area (Å²) >= 11 is 0. The van der Waals surface area contributed by atoms with Gasteiger partial charge in [0.2, 0.25) is 0 Å². The first-order valence-electron chi connectivity index (χ1n) is 6.82. The molecule has 6 nitrogen and oxygen atoms in total. The van der Waals surface area contributed by atoms with Gasteiger partial charge in [-0.1, -0.05) is 20.8 Å². The number of anilines is 2. The molecule has 1 unspecified atom stereocenters. The largest absolute Gasteiger partial charge is 0.355 e. The lowest BCUT2D eigenvalue weighted by Crippen LogP contribution is -2.30. The Hall–Kier alpha value is -1.87. The molecule has 0 amide bonds. The molecule has 0 fully saturated rings. The first-order chi connectivity index (χ1) is 9.31. The third kappa shape index (κ3) is 4.07. The van der Waals surface area contributed by atoms with Crippen LogP contribution in [0.4, 0.5) is 11.6 Å². The lowest BCUT2D eigenvalue weighted by atomic mass is 9.96. The monoisotopic (exact) mass is 276 g/mol. The minimum Gasteiger partial charge on any atom is -0.355 e. The Balaban J connectivity index is 3.18. The summed E-state index contributed by atoms with van der Waals surface area (Å²) in [5.41, 5.74) is 2.42. The van der Waals surface area contributed by atoms with E-state index in [0.29, 0.717) is 12.4 Å². The molecule has 3 N–H and O–H groups in total. The fourth-order valence-corrected chi connectivity index (χ4v) is 1.76. The van der Waals surface area contributed by atoms with Crippen LogP contribution in [0.25, 0.3) is 0 Å². The number of nitrogens with one attached hydrogen (secondary N) is 1. The normalized spacial score (nSPS) is 12.7. The predicted molar refractivity (Wildman–Crippen MR) is 81.2 cm³/mol. The van der Waals surface area contributed by atoms with E-state index in [2.05, 4.69) is 47.1 Å². The highest BCUT2D eigenvalue weighted by Crippen LogP contribution is 2.24. The van der Waals surface area contributed by atoms with Crippen molar-refractivity contribution in [3.05, 3.63) is 11.9 Å². The van der Waals surface area contributed by atoms with E-state index in [0.717, 1.165) is 18.2 Å². The van der Waals surface area contributed by atoms with E-state index in [1.54, 1.807) is 0 Å². The molecule has 0 aliphatic carbocycles. The predicted octanol–water partition coefficient (Wildman–Crippen LogP) is 2.05. The first-order valence-corrected chi connectivity index (χ1v) is 6.82. The molecule has 20 heavy (non-hydrogen) atoms. The van der Waals surface area contributed by atoms with Gasteiger partial charge in [0, 0.05) is 24.6 Å². The smallest absolute Gasteiger partial charge is 0.145 e. The number of hydrogen-bond donors (Lipinski definition) is 2. The molecular weight excluding hydrogens is 252 g/mol. The SMILES string of the molecule is CCN(CC(C)C#N)c1cc(NN)nc(C(C)(C)C)n1. The van der Waals surface area contributed by atoms with Crippen LogP contribution in [0.2, 0.25) is 0 Å². The molecule has 0 aromatic carbocycles. The van der Waals surface area contributed by atoms with E-state index in [-0.39, 0.29) is 11.3 Å². The summed E-state index contributed by atoms with van der Waals surface area (Å²) in [6.45, 7) is 11.5. The number of nitrogens with two attached hydrogens (primary N) is 1. The van der Waals surface area contributed by atoms with Crippen LogP contribution in [-0.2, 0) is 5.41 Å². The number of rotatable bonds is 5. The summed E-state index contributed by atoms with van der Waals surface area (Å²) in [7, 11) is 0. The molecule has 1 aromatic heterocycles. The molecule has 1 atom stereocenters. The molecule has 1 rings (SSSR count). The molecule has 0 aliphatic rings. The van der Waals surface area contributed by atoms with Crippen molar-refractivity contribution in [2.24, 2.45) is 11.8 Å². The van der Waals surface area contributed by atoms with Gasteiger partial charge >= 0.3 is 0 Å². The van der Waals surface area contributed by atoms with Crippen LogP contribution in [0, 0.1) is 17.2 Å². The van der Waals surface area contributed by atoms with Crippen LogP contribution in [0.5, 0.6) is 0 Å². The van der Waals surface area contributed by atoms with Crippen molar-refractivity contribution in [2.45, 2.75) is 40.0 Å². The highest BCUT2D eigenvalue weighted by atomic mass is 15.3. The summed E-state index contributed by atoms with van der Waals surface area (Å²) < 4.78 is 0. The van der Waals surface area contributed by atoms with Crippen LogP contribution in [0.15, 0.2) is 6.07 Å². The molecule has 0 spiro atoms. The molecule has 0 saturated heterocycles. The van der Waals surface area contributed by atoms with E-state index in [9.17, 15) is 0 Å². The summed E-state index contributed by atoms with van der Waals surface area (Å²) in [6.07, 6.45) is 0. The second-order valence-electron chi connectivity index (χ2n) is 5.90. The number of hydrazine groups is 1. The molecule has 110 valence electrons. The summed E-state index contributed by atoms with van der Waals surface area (Å²) in [6, 6.07) is 4.06. The Morgan fingerprint density at radius 1 is 1.45 bits per heavy atom. The van der Waals surface area contributed by atoms with E-state index in [4.69, 9.17) is 11.1 Å². The third-order valence-corrected chi connectivity index (χ3v) is 2.95. The van der Waals surface area contributed by atoms with Crippen molar-refractivity contribution in [3.63, 3.8) is 0 Å². The maximum absolute atomic E-state index is 8.97. The van der Waals surface area contributed by atoms with Crippen molar-refractivity contribution in [2.75, 3.05) is 23.4 Å². The Morgan fingerprint density at radius 2 is 2.10 bits per heavy atom. The summed E-state index contributed by atoms with van der Waals surface area (Å²) in [5.74, 6) is 7.54. The van der Waals surface area contributed by atoms with Crippen LogP contribution in [0.1, 0.15) is 40.4 Å². The van der Waals surface area contributed by atoms with Crippen molar-refractivity contribution in [1.29, 1.82) is 5.26 Å². The number of nitriles is 1. The zero-order valence-corrected chi connectivity index (χ0v) is 12.9. The summed E-state index contributed by atoms with van der Waals surface area (Å²) in [5, 5.41) is 8.97. The number of nitrogens with zero attached hydrogens (tertiary/aromatic N) is 4. The lowest BCUT2D eigenvalue weighted by Gasteiger charge is -2.26. The number of nitrogen functional groups attached to an aromatic ring is 1. The van der Waals surface area contributed by atoms with Gasteiger partial charge in [-0.15, -0.1) is 0 Å². The first kappa shape index (κ1) is 16.2. The van der Waals surface area contributed by atoms with Crippen LogP contribution in [0.3, 0.4) is 0 Å². The van der Waals surface area contributed by atoms with E-state index in [1.165, 1.54) is 0 Å². The highest BCUT2D eigenvalue weighted by molar-refractivity contribution is 5.49. The molecule has 0 saturated carbocycles. The van der Waals surface area contributed by atoms with E-state index in [1.807, 2.05) is 19.9 Å². The Bertz CT molecular complexity index is 485. The highest BCUT2D eigenvalue weighted by Gasteiger charge is 2.21. The fourth-order valence-electron chi connectivity index (χ4n) is 1.76. The van der Waals surface area contributed by atoms with Gasteiger partial charge in [-0.3, -0.25) is 0 Å². The van der Waals surface area contributed by atoms with Gasteiger partial charge in [-0.2, -0.15) is 5.26 Å². The molecular formula is C14H24N6. The quantitative estimate of drug-likeness (QED) is 0.632. The van der Waals surface area contributed by atoms with Crippen molar-refractivity contribution < 1.29 is 0 Å². The van der Waals surface area contributed by atoms with Crippen molar-refractivity contribution in [3.8, 4) is 6.07 Å². The Labute approximate surface area is 121 Å².